The summed E-state index contributed by atoms with van der Waals surface area (Å²) in [6, 6.07) is 19.9. The van der Waals surface area contributed by atoms with Crippen molar-refractivity contribution in [3.05, 3.63) is 77.9 Å². The molecular formula is C27H26F3N3O. The molecule has 1 aliphatic heterocycles. The van der Waals surface area contributed by atoms with Gasteiger partial charge in [0.1, 0.15) is 5.82 Å². The van der Waals surface area contributed by atoms with Crippen molar-refractivity contribution in [2.24, 2.45) is 5.92 Å². The van der Waals surface area contributed by atoms with Gasteiger partial charge < -0.3 is 10.1 Å². The van der Waals surface area contributed by atoms with Gasteiger partial charge in [0.05, 0.1) is 16.6 Å². The molecule has 4 aromatic rings. The molecule has 0 amide bonds. The highest BCUT2D eigenvalue weighted by Crippen LogP contribution is 2.32. The minimum Gasteiger partial charge on any atom is -0.396 e. The number of imidazole rings is 1. The zero-order chi connectivity index (χ0) is 23.7. The van der Waals surface area contributed by atoms with Gasteiger partial charge in [-0.15, -0.1) is 0 Å². The van der Waals surface area contributed by atoms with E-state index in [-0.39, 0.29) is 6.61 Å². The zero-order valence-electron chi connectivity index (χ0n) is 18.6. The van der Waals surface area contributed by atoms with Crippen LogP contribution < -0.4 is 0 Å². The van der Waals surface area contributed by atoms with E-state index in [0.717, 1.165) is 61.3 Å². The van der Waals surface area contributed by atoms with E-state index in [1.165, 1.54) is 11.6 Å². The highest BCUT2D eigenvalue weighted by molar-refractivity contribution is 5.80. The summed E-state index contributed by atoms with van der Waals surface area (Å²) < 4.78 is 39.0. The molecule has 0 unspecified atom stereocenters. The molecule has 1 saturated heterocycles. The molecule has 34 heavy (non-hydrogen) atoms. The number of alkyl halides is 3. The predicted octanol–water partition coefficient (Wildman–Crippen LogP) is 6.12. The van der Waals surface area contributed by atoms with Gasteiger partial charge in [-0.05, 0) is 72.8 Å². The number of nitrogens with zero attached hydrogens (tertiary/aromatic N) is 2. The van der Waals surface area contributed by atoms with Crippen LogP contribution >= 0.6 is 0 Å². The van der Waals surface area contributed by atoms with Crippen LogP contribution in [-0.2, 0) is 12.7 Å². The second-order valence-corrected chi connectivity index (χ2v) is 8.99. The predicted molar refractivity (Wildman–Crippen MR) is 127 cm³/mol. The summed E-state index contributed by atoms with van der Waals surface area (Å²) in [6.07, 6.45) is -2.31. The molecule has 176 valence electrons. The SMILES string of the molecule is OCC1CCN(Cc2cccc(-c3ccc(-c4nc5ccc(C(F)(F)F)cc5[nH]4)cc3)c2)CC1. The molecule has 0 radical (unpaired) electrons. The molecule has 0 saturated carbocycles. The number of halogens is 3. The Kier molecular flexibility index (Phi) is 6.15. The Morgan fingerprint density at radius 3 is 2.35 bits per heavy atom. The van der Waals surface area contributed by atoms with Gasteiger partial charge >= 0.3 is 6.18 Å². The van der Waals surface area contributed by atoms with Crippen molar-refractivity contribution in [2.45, 2.75) is 25.6 Å². The van der Waals surface area contributed by atoms with Gasteiger partial charge in [0, 0.05) is 18.7 Å². The molecule has 1 aliphatic rings. The van der Waals surface area contributed by atoms with Crippen LogP contribution in [0.15, 0.2) is 66.7 Å². The van der Waals surface area contributed by atoms with E-state index in [2.05, 4.69) is 39.1 Å². The average molecular weight is 466 g/mol. The van der Waals surface area contributed by atoms with E-state index in [1.54, 1.807) is 0 Å². The fourth-order valence-corrected chi connectivity index (χ4v) is 4.58. The third-order valence-corrected chi connectivity index (χ3v) is 6.60. The van der Waals surface area contributed by atoms with Crippen molar-refractivity contribution in [1.82, 2.24) is 14.9 Å². The lowest BCUT2D eigenvalue weighted by Crippen LogP contribution is -2.34. The second-order valence-electron chi connectivity index (χ2n) is 8.99. The maximum atomic E-state index is 13.0. The molecular weight excluding hydrogens is 439 g/mol. The monoisotopic (exact) mass is 465 g/mol. The highest BCUT2D eigenvalue weighted by atomic mass is 19.4. The first-order chi connectivity index (χ1) is 16.4. The number of benzene rings is 3. The number of hydrogen-bond acceptors (Lipinski definition) is 3. The molecule has 1 fully saturated rings. The lowest BCUT2D eigenvalue weighted by atomic mass is 9.97. The van der Waals surface area contributed by atoms with Gasteiger partial charge in [-0.3, -0.25) is 4.90 Å². The number of rotatable bonds is 5. The summed E-state index contributed by atoms with van der Waals surface area (Å²) in [5.74, 6) is 0.973. The molecule has 4 nitrogen and oxygen atoms in total. The lowest BCUT2D eigenvalue weighted by molar-refractivity contribution is -0.137. The number of aromatic amines is 1. The molecule has 0 atom stereocenters. The molecule has 7 heteroatoms. The van der Waals surface area contributed by atoms with Gasteiger partial charge in [0.25, 0.3) is 0 Å². The number of fused-ring (bicyclic) bond motifs is 1. The Morgan fingerprint density at radius 1 is 0.912 bits per heavy atom. The van der Waals surface area contributed by atoms with E-state index in [4.69, 9.17) is 0 Å². The maximum absolute atomic E-state index is 13.0. The summed E-state index contributed by atoms with van der Waals surface area (Å²) in [5.41, 5.74) is 4.43. The zero-order valence-corrected chi connectivity index (χ0v) is 18.6. The topological polar surface area (TPSA) is 52.1 Å². The molecule has 1 aromatic heterocycles. The number of H-pyrrole nitrogens is 1. The Morgan fingerprint density at radius 2 is 1.65 bits per heavy atom. The van der Waals surface area contributed by atoms with Gasteiger partial charge in [0.2, 0.25) is 0 Å². The lowest BCUT2D eigenvalue weighted by Gasteiger charge is -2.31. The third-order valence-electron chi connectivity index (χ3n) is 6.60. The number of nitrogens with one attached hydrogen (secondary N) is 1. The van der Waals surface area contributed by atoms with Crippen LogP contribution in [0.25, 0.3) is 33.5 Å². The molecule has 0 aliphatic carbocycles. The third kappa shape index (κ3) is 4.86. The standard InChI is InChI=1S/C27H26F3N3O/c28-27(29,30)23-8-9-24-25(15-23)32-26(31-24)21-6-4-20(5-7-21)22-3-1-2-19(14-22)16-33-12-10-18(17-34)11-13-33/h1-9,14-15,18,34H,10-13,16-17H2,(H,31,32). The number of likely N-dealkylation sites (tertiary alicyclic amines) is 1. The number of aliphatic hydroxyl groups is 1. The van der Waals surface area contributed by atoms with E-state index >= 15 is 0 Å². The summed E-state index contributed by atoms with van der Waals surface area (Å²) in [6.45, 7) is 3.18. The van der Waals surface area contributed by atoms with Crippen molar-refractivity contribution in [3.8, 4) is 22.5 Å². The average Bonchev–Trinajstić information content (AvgIpc) is 3.28. The van der Waals surface area contributed by atoms with E-state index in [0.29, 0.717) is 22.8 Å². The van der Waals surface area contributed by atoms with Crippen LogP contribution in [0.3, 0.4) is 0 Å². The number of hydrogen-bond donors (Lipinski definition) is 2. The maximum Gasteiger partial charge on any atom is 0.416 e. The normalized spacial score (nSPS) is 15.8. The van der Waals surface area contributed by atoms with Crippen molar-refractivity contribution in [3.63, 3.8) is 0 Å². The molecule has 0 spiro atoms. The van der Waals surface area contributed by atoms with Crippen LogP contribution in [-0.4, -0.2) is 39.7 Å². The minimum absolute atomic E-state index is 0.280. The Labute approximate surface area is 196 Å². The largest absolute Gasteiger partial charge is 0.416 e. The second kappa shape index (κ2) is 9.24. The smallest absolute Gasteiger partial charge is 0.396 e. The van der Waals surface area contributed by atoms with Crippen LogP contribution in [0.4, 0.5) is 13.2 Å². The number of piperidine rings is 1. The molecule has 2 N–H and O–H groups in total. The highest BCUT2D eigenvalue weighted by Gasteiger charge is 2.30. The first-order valence-corrected chi connectivity index (χ1v) is 11.5. The van der Waals surface area contributed by atoms with Crippen molar-refractivity contribution in [1.29, 1.82) is 0 Å². The van der Waals surface area contributed by atoms with E-state index in [1.807, 2.05) is 24.3 Å². The Bertz CT molecular complexity index is 1270. The summed E-state index contributed by atoms with van der Waals surface area (Å²) in [7, 11) is 0. The van der Waals surface area contributed by atoms with Crippen molar-refractivity contribution < 1.29 is 18.3 Å². The van der Waals surface area contributed by atoms with E-state index in [9.17, 15) is 18.3 Å². The molecule has 2 heterocycles. The van der Waals surface area contributed by atoms with Crippen molar-refractivity contribution >= 4 is 11.0 Å². The van der Waals surface area contributed by atoms with Crippen LogP contribution in [0, 0.1) is 5.92 Å². The Hall–Kier alpha value is -3.16. The van der Waals surface area contributed by atoms with Gasteiger partial charge in [-0.25, -0.2) is 4.98 Å². The molecule has 5 rings (SSSR count). The number of aliphatic hydroxyl groups excluding tert-OH is 1. The van der Waals surface area contributed by atoms with Gasteiger partial charge in [-0.1, -0.05) is 42.5 Å². The van der Waals surface area contributed by atoms with E-state index < -0.39 is 11.7 Å². The quantitative estimate of drug-likeness (QED) is 0.373. The van der Waals surface area contributed by atoms with Gasteiger partial charge in [-0.2, -0.15) is 13.2 Å². The van der Waals surface area contributed by atoms with Crippen LogP contribution in [0.1, 0.15) is 24.0 Å². The fourth-order valence-electron chi connectivity index (χ4n) is 4.58. The molecule has 0 bridgehead atoms. The minimum atomic E-state index is -4.38. The first kappa shape index (κ1) is 22.6. The fraction of sp³-hybridized carbons (Fsp3) is 0.296. The van der Waals surface area contributed by atoms with Gasteiger partial charge in [0.15, 0.2) is 0 Å². The first-order valence-electron chi connectivity index (χ1n) is 11.5. The van der Waals surface area contributed by atoms with Crippen molar-refractivity contribution in [2.75, 3.05) is 19.7 Å². The summed E-state index contributed by atoms with van der Waals surface area (Å²) in [5, 5.41) is 9.33. The van der Waals surface area contributed by atoms with Crippen LogP contribution in [0.5, 0.6) is 0 Å². The summed E-state index contributed by atoms with van der Waals surface area (Å²) >= 11 is 0. The summed E-state index contributed by atoms with van der Waals surface area (Å²) in [4.78, 5) is 9.90. The molecule has 3 aromatic carbocycles. The Balaban J connectivity index is 1.32. The number of aromatic nitrogens is 2. The van der Waals surface area contributed by atoms with Crippen LogP contribution in [0.2, 0.25) is 0 Å².